The van der Waals surface area contributed by atoms with Crippen molar-refractivity contribution in [1.29, 1.82) is 5.26 Å². The molecule has 2 heterocycles. The Bertz CT molecular complexity index is 1180. The van der Waals surface area contributed by atoms with Crippen LogP contribution in [0.25, 0.3) is 11.4 Å². The quantitative estimate of drug-likeness (QED) is 0.399. The number of rotatable bonds is 5. The van der Waals surface area contributed by atoms with E-state index in [4.69, 9.17) is 28.5 Å². The number of benzene rings is 2. The SMILES string of the molecule is N#Cc1ccc(Sc2nnc(-c3ccc(Cl)cc3Cl)n2Cc2ccccc2)nc1. The topological polar surface area (TPSA) is 67.4 Å². The number of nitriles is 1. The molecule has 2 aromatic carbocycles. The molecule has 0 spiro atoms. The molecule has 0 aliphatic heterocycles. The third kappa shape index (κ3) is 4.43. The predicted molar refractivity (Wildman–Crippen MR) is 114 cm³/mol. The minimum Gasteiger partial charge on any atom is -0.297 e. The standard InChI is InChI=1S/C21H13Cl2N5S/c22-16-7-8-17(18(23)10-16)20-26-27-21(28(20)13-14-4-2-1-3-5-14)29-19-9-6-15(11-24)12-25-19/h1-10,12H,13H2. The van der Waals surface area contributed by atoms with Crippen molar-refractivity contribution in [3.63, 3.8) is 0 Å². The lowest BCUT2D eigenvalue weighted by atomic mass is 10.2. The molecule has 0 bridgehead atoms. The molecule has 4 aromatic rings. The molecule has 142 valence electrons. The maximum absolute atomic E-state index is 8.96. The van der Waals surface area contributed by atoms with Gasteiger partial charge in [0.05, 0.1) is 17.1 Å². The molecule has 0 saturated heterocycles. The summed E-state index contributed by atoms with van der Waals surface area (Å²) in [5.74, 6) is 0.645. The van der Waals surface area contributed by atoms with Gasteiger partial charge < -0.3 is 0 Å². The van der Waals surface area contributed by atoms with Crippen LogP contribution < -0.4 is 0 Å². The van der Waals surface area contributed by atoms with Gasteiger partial charge in [-0.3, -0.25) is 4.57 Å². The number of hydrogen-bond donors (Lipinski definition) is 0. The van der Waals surface area contributed by atoms with Crippen LogP contribution in [0.4, 0.5) is 0 Å². The summed E-state index contributed by atoms with van der Waals surface area (Å²) >= 11 is 13.9. The van der Waals surface area contributed by atoms with Gasteiger partial charge in [-0.05, 0) is 47.7 Å². The fourth-order valence-electron chi connectivity index (χ4n) is 2.74. The predicted octanol–water partition coefficient (Wildman–Crippen LogP) is 5.72. The smallest absolute Gasteiger partial charge is 0.198 e. The minimum atomic E-state index is 0.507. The molecule has 29 heavy (non-hydrogen) atoms. The third-order valence-corrected chi connectivity index (χ3v) is 5.62. The lowest BCUT2D eigenvalue weighted by molar-refractivity contribution is 0.714. The number of nitrogens with zero attached hydrogens (tertiary/aromatic N) is 5. The first kappa shape index (κ1) is 19.5. The van der Waals surface area contributed by atoms with E-state index >= 15 is 0 Å². The van der Waals surface area contributed by atoms with Crippen LogP contribution in [0.3, 0.4) is 0 Å². The lowest BCUT2D eigenvalue weighted by Gasteiger charge is -2.11. The van der Waals surface area contributed by atoms with E-state index in [1.165, 1.54) is 18.0 Å². The van der Waals surface area contributed by atoms with Crippen molar-refractivity contribution < 1.29 is 0 Å². The second-order valence-corrected chi connectivity index (χ2v) is 7.93. The highest BCUT2D eigenvalue weighted by atomic mass is 35.5. The number of hydrogen-bond acceptors (Lipinski definition) is 5. The summed E-state index contributed by atoms with van der Waals surface area (Å²) in [7, 11) is 0. The number of pyridine rings is 1. The van der Waals surface area contributed by atoms with Gasteiger partial charge in [0.15, 0.2) is 11.0 Å². The Morgan fingerprint density at radius 1 is 1.00 bits per heavy atom. The van der Waals surface area contributed by atoms with Gasteiger partial charge in [0.2, 0.25) is 0 Å². The van der Waals surface area contributed by atoms with E-state index in [1.807, 2.05) is 41.0 Å². The second kappa shape index (κ2) is 8.66. The summed E-state index contributed by atoms with van der Waals surface area (Å²) in [6.07, 6.45) is 1.54. The second-order valence-electron chi connectivity index (χ2n) is 6.10. The van der Waals surface area contributed by atoms with Gasteiger partial charge in [-0.2, -0.15) is 5.26 Å². The Kier molecular flexibility index (Phi) is 5.81. The summed E-state index contributed by atoms with van der Waals surface area (Å²) in [5, 5.41) is 20.2. The lowest BCUT2D eigenvalue weighted by Crippen LogP contribution is -2.04. The van der Waals surface area contributed by atoms with Crippen molar-refractivity contribution >= 4 is 35.0 Å². The average molecular weight is 438 g/mol. The van der Waals surface area contributed by atoms with Gasteiger partial charge in [-0.15, -0.1) is 10.2 Å². The molecule has 2 aromatic heterocycles. The van der Waals surface area contributed by atoms with Gasteiger partial charge in [-0.1, -0.05) is 53.5 Å². The summed E-state index contributed by atoms with van der Waals surface area (Å²) in [4.78, 5) is 4.32. The summed E-state index contributed by atoms with van der Waals surface area (Å²) < 4.78 is 2.00. The largest absolute Gasteiger partial charge is 0.297 e. The van der Waals surface area contributed by atoms with Crippen molar-refractivity contribution in [2.24, 2.45) is 0 Å². The van der Waals surface area contributed by atoms with E-state index in [0.717, 1.165) is 16.2 Å². The van der Waals surface area contributed by atoms with Crippen molar-refractivity contribution in [2.75, 3.05) is 0 Å². The van der Waals surface area contributed by atoms with Gasteiger partial charge >= 0.3 is 0 Å². The molecule has 0 fully saturated rings. The molecule has 0 atom stereocenters. The Morgan fingerprint density at radius 3 is 2.52 bits per heavy atom. The molecular weight excluding hydrogens is 425 g/mol. The van der Waals surface area contributed by atoms with E-state index in [9.17, 15) is 0 Å². The maximum atomic E-state index is 8.96. The zero-order valence-corrected chi connectivity index (χ0v) is 17.3. The molecular formula is C21H13Cl2N5S. The molecule has 0 aliphatic rings. The monoisotopic (exact) mass is 437 g/mol. The summed E-state index contributed by atoms with van der Waals surface area (Å²) in [6, 6.07) is 20.9. The molecule has 0 amide bonds. The Morgan fingerprint density at radius 2 is 1.83 bits per heavy atom. The van der Waals surface area contributed by atoms with E-state index in [0.29, 0.717) is 33.1 Å². The first-order valence-corrected chi connectivity index (χ1v) is 10.2. The maximum Gasteiger partial charge on any atom is 0.198 e. The van der Waals surface area contributed by atoms with E-state index < -0.39 is 0 Å². The van der Waals surface area contributed by atoms with Crippen LogP contribution >= 0.6 is 35.0 Å². The van der Waals surface area contributed by atoms with Crippen molar-refractivity contribution in [2.45, 2.75) is 16.7 Å². The van der Waals surface area contributed by atoms with Gasteiger partial charge in [0, 0.05) is 16.8 Å². The molecule has 0 saturated carbocycles. The highest BCUT2D eigenvalue weighted by Gasteiger charge is 2.18. The van der Waals surface area contributed by atoms with Crippen LogP contribution in [-0.4, -0.2) is 19.7 Å². The van der Waals surface area contributed by atoms with Crippen LogP contribution in [0.1, 0.15) is 11.1 Å². The van der Waals surface area contributed by atoms with Gasteiger partial charge in [-0.25, -0.2) is 4.98 Å². The average Bonchev–Trinajstić information content (AvgIpc) is 3.11. The first-order valence-electron chi connectivity index (χ1n) is 8.60. The first-order chi connectivity index (χ1) is 14.1. The molecule has 0 N–H and O–H groups in total. The number of aromatic nitrogens is 4. The normalized spacial score (nSPS) is 10.7. The van der Waals surface area contributed by atoms with Crippen LogP contribution in [0.5, 0.6) is 0 Å². The number of halogens is 2. The molecule has 4 rings (SSSR count). The van der Waals surface area contributed by atoms with Crippen LogP contribution in [0, 0.1) is 11.3 Å². The summed E-state index contributed by atoms with van der Waals surface area (Å²) in [5.41, 5.74) is 2.36. The molecule has 0 unspecified atom stereocenters. The zero-order chi connectivity index (χ0) is 20.2. The van der Waals surface area contributed by atoms with E-state index in [-0.39, 0.29) is 0 Å². The third-order valence-electron chi connectivity index (χ3n) is 4.13. The Hall–Kier alpha value is -2.85. The van der Waals surface area contributed by atoms with Crippen LogP contribution in [-0.2, 0) is 6.54 Å². The summed E-state index contributed by atoms with van der Waals surface area (Å²) in [6.45, 7) is 0.570. The zero-order valence-electron chi connectivity index (χ0n) is 15.0. The fraction of sp³-hybridized carbons (Fsp3) is 0.0476. The molecule has 0 radical (unpaired) electrons. The molecule has 5 nitrogen and oxygen atoms in total. The van der Waals surface area contributed by atoms with Crippen LogP contribution in [0.2, 0.25) is 10.0 Å². The fourth-order valence-corrected chi connectivity index (χ4v) is 4.01. The highest BCUT2D eigenvalue weighted by molar-refractivity contribution is 7.99. The Balaban J connectivity index is 1.76. The Labute approximate surface area is 182 Å². The van der Waals surface area contributed by atoms with Crippen molar-refractivity contribution in [1.82, 2.24) is 19.7 Å². The van der Waals surface area contributed by atoms with Gasteiger partial charge in [0.25, 0.3) is 0 Å². The minimum absolute atomic E-state index is 0.507. The molecule has 0 aliphatic carbocycles. The highest BCUT2D eigenvalue weighted by Crippen LogP contribution is 2.33. The van der Waals surface area contributed by atoms with E-state index in [1.54, 1.807) is 24.3 Å². The van der Waals surface area contributed by atoms with Crippen molar-refractivity contribution in [3.8, 4) is 17.5 Å². The molecule has 8 heteroatoms. The van der Waals surface area contributed by atoms with Crippen molar-refractivity contribution in [3.05, 3.63) is 88.0 Å². The van der Waals surface area contributed by atoms with Gasteiger partial charge in [0.1, 0.15) is 11.1 Å². The van der Waals surface area contributed by atoms with Crippen LogP contribution in [0.15, 0.2) is 77.0 Å². The van der Waals surface area contributed by atoms with E-state index in [2.05, 4.69) is 21.3 Å².